The third kappa shape index (κ3) is 2.63. The van der Waals surface area contributed by atoms with Crippen LogP contribution in [0.25, 0.3) is 5.69 Å². The van der Waals surface area contributed by atoms with Gasteiger partial charge in [-0.15, -0.1) is 10.2 Å². The molecule has 0 aliphatic carbocycles. The van der Waals surface area contributed by atoms with Crippen LogP contribution in [0.1, 0.15) is 11.3 Å². The number of H-pyrrole nitrogens is 1. The summed E-state index contributed by atoms with van der Waals surface area (Å²) in [5, 5.41) is 15.0. The lowest BCUT2D eigenvalue weighted by atomic mass is 10.3. The van der Waals surface area contributed by atoms with Gasteiger partial charge in [-0.2, -0.15) is 5.10 Å². The molecule has 3 rings (SSSR count). The predicted molar refractivity (Wildman–Crippen MR) is 79.2 cm³/mol. The third-order valence-corrected chi connectivity index (χ3v) is 3.18. The van der Waals surface area contributed by atoms with Gasteiger partial charge in [-0.3, -0.25) is 9.89 Å². The molecule has 0 saturated heterocycles. The van der Waals surface area contributed by atoms with Gasteiger partial charge in [-0.05, 0) is 31.2 Å². The van der Waals surface area contributed by atoms with Crippen molar-refractivity contribution in [2.45, 2.75) is 6.92 Å². The maximum atomic E-state index is 12.4. The van der Waals surface area contributed by atoms with Crippen molar-refractivity contribution < 1.29 is 0 Å². The molecular formula is C13H11ClN6O. The van der Waals surface area contributed by atoms with Gasteiger partial charge in [-0.1, -0.05) is 11.6 Å². The SMILES string of the molecule is Cc1[nH]n(-c2ccc(Cl)cc2)c(=O)c1C=Nn1cnnc1. The standard InChI is InChI=1S/C13H11ClN6O/c1-9-12(6-17-19-7-15-16-8-19)13(21)20(18-9)11-4-2-10(14)3-5-11/h2-8,18H,1H3. The minimum atomic E-state index is -0.188. The van der Waals surface area contributed by atoms with E-state index in [1.54, 1.807) is 31.2 Å². The van der Waals surface area contributed by atoms with Gasteiger partial charge < -0.3 is 0 Å². The van der Waals surface area contributed by atoms with Crippen molar-refractivity contribution in [2.75, 3.05) is 0 Å². The van der Waals surface area contributed by atoms with E-state index in [2.05, 4.69) is 20.4 Å². The highest BCUT2D eigenvalue weighted by molar-refractivity contribution is 6.30. The summed E-state index contributed by atoms with van der Waals surface area (Å²) in [7, 11) is 0. The average molecular weight is 303 g/mol. The maximum Gasteiger partial charge on any atom is 0.280 e. The Morgan fingerprint density at radius 2 is 1.90 bits per heavy atom. The molecule has 1 N–H and O–H groups in total. The van der Waals surface area contributed by atoms with E-state index in [0.29, 0.717) is 22.0 Å². The Kier molecular flexibility index (Phi) is 3.41. The number of halogens is 1. The summed E-state index contributed by atoms with van der Waals surface area (Å²) in [6.45, 7) is 1.81. The molecule has 0 atom stereocenters. The van der Waals surface area contributed by atoms with Crippen LogP contribution in [0, 0.1) is 6.92 Å². The number of hydrogen-bond donors (Lipinski definition) is 1. The van der Waals surface area contributed by atoms with Crippen LogP contribution in [0.4, 0.5) is 0 Å². The van der Waals surface area contributed by atoms with Gasteiger partial charge in [0, 0.05) is 10.7 Å². The summed E-state index contributed by atoms with van der Waals surface area (Å²) >= 11 is 5.85. The minimum Gasteiger partial charge on any atom is -0.295 e. The molecule has 8 heteroatoms. The van der Waals surface area contributed by atoms with Crippen molar-refractivity contribution in [3.63, 3.8) is 0 Å². The van der Waals surface area contributed by atoms with Crippen LogP contribution in [0.5, 0.6) is 0 Å². The van der Waals surface area contributed by atoms with Gasteiger partial charge in [-0.25, -0.2) is 9.36 Å². The second kappa shape index (κ2) is 5.37. The Labute approximate surface area is 124 Å². The summed E-state index contributed by atoms with van der Waals surface area (Å²) in [6.07, 6.45) is 4.36. The van der Waals surface area contributed by atoms with E-state index in [4.69, 9.17) is 11.6 Å². The average Bonchev–Trinajstić information content (AvgIpc) is 3.07. The molecule has 0 saturated carbocycles. The molecular weight excluding hydrogens is 292 g/mol. The number of hydrogen-bond acceptors (Lipinski definition) is 4. The zero-order chi connectivity index (χ0) is 14.8. The fraction of sp³-hybridized carbons (Fsp3) is 0.0769. The predicted octanol–water partition coefficient (Wildman–Crippen LogP) is 1.60. The summed E-state index contributed by atoms with van der Waals surface area (Å²) in [5.41, 5.74) is 1.70. The molecule has 2 aromatic heterocycles. The number of benzene rings is 1. The third-order valence-electron chi connectivity index (χ3n) is 2.93. The van der Waals surface area contributed by atoms with E-state index >= 15 is 0 Å². The summed E-state index contributed by atoms with van der Waals surface area (Å²) in [4.78, 5) is 12.4. The molecule has 7 nitrogen and oxygen atoms in total. The number of aromatic nitrogens is 5. The maximum absolute atomic E-state index is 12.4. The largest absolute Gasteiger partial charge is 0.295 e. The molecule has 1 aromatic carbocycles. The molecule has 0 unspecified atom stereocenters. The normalized spacial score (nSPS) is 11.3. The monoisotopic (exact) mass is 302 g/mol. The summed E-state index contributed by atoms with van der Waals surface area (Å²) in [6, 6.07) is 6.98. The van der Waals surface area contributed by atoms with Gasteiger partial charge in [0.15, 0.2) is 0 Å². The number of nitrogens with zero attached hydrogens (tertiary/aromatic N) is 5. The van der Waals surface area contributed by atoms with Gasteiger partial charge >= 0.3 is 0 Å². The summed E-state index contributed by atoms with van der Waals surface area (Å²) < 4.78 is 2.86. The highest BCUT2D eigenvalue weighted by Crippen LogP contribution is 2.12. The van der Waals surface area contributed by atoms with Crippen molar-refractivity contribution in [2.24, 2.45) is 5.10 Å². The summed E-state index contributed by atoms with van der Waals surface area (Å²) in [5.74, 6) is 0. The van der Waals surface area contributed by atoms with Crippen LogP contribution in [0.15, 0.2) is 46.8 Å². The van der Waals surface area contributed by atoms with Crippen LogP contribution in [0.2, 0.25) is 5.02 Å². The van der Waals surface area contributed by atoms with E-state index in [1.165, 1.54) is 28.2 Å². The van der Waals surface area contributed by atoms with E-state index in [-0.39, 0.29) is 5.56 Å². The molecule has 0 aliphatic rings. The fourth-order valence-electron chi connectivity index (χ4n) is 1.86. The Morgan fingerprint density at radius 3 is 2.57 bits per heavy atom. The van der Waals surface area contributed by atoms with Gasteiger partial charge in [0.2, 0.25) is 0 Å². The van der Waals surface area contributed by atoms with Crippen LogP contribution in [-0.2, 0) is 0 Å². The highest BCUT2D eigenvalue weighted by atomic mass is 35.5. The first-order chi connectivity index (χ1) is 10.1. The zero-order valence-electron chi connectivity index (χ0n) is 11.1. The van der Waals surface area contributed by atoms with Crippen molar-refractivity contribution in [1.29, 1.82) is 0 Å². The Bertz CT molecular complexity index is 829. The number of nitrogens with one attached hydrogen (secondary N) is 1. The molecule has 21 heavy (non-hydrogen) atoms. The van der Waals surface area contributed by atoms with Crippen LogP contribution < -0.4 is 5.56 Å². The van der Waals surface area contributed by atoms with Gasteiger partial charge in [0.05, 0.1) is 17.5 Å². The lowest BCUT2D eigenvalue weighted by molar-refractivity contribution is 0.835. The van der Waals surface area contributed by atoms with Crippen LogP contribution in [0.3, 0.4) is 0 Å². The second-order valence-electron chi connectivity index (χ2n) is 4.35. The van der Waals surface area contributed by atoms with E-state index in [0.717, 1.165) is 0 Å². The topological polar surface area (TPSA) is 80.9 Å². The molecule has 3 aromatic rings. The highest BCUT2D eigenvalue weighted by Gasteiger charge is 2.10. The molecule has 0 aliphatic heterocycles. The molecule has 106 valence electrons. The van der Waals surface area contributed by atoms with Crippen LogP contribution >= 0.6 is 11.6 Å². The van der Waals surface area contributed by atoms with Crippen molar-refractivity contribution in [1.82, 2.24) is 24.7 Å². The Morgan fingerprint density at radius 1 is 1.24 bits per heavy atom. The molecule has 2 heterocycles. The van der Waals surface area contributed by atoms with Crippen molar-refractivity contribution in [3.8, 4) is 5.69 Å². The first-order valence-electron chi connectivity index (χ1n) is 6.11. The zero-order valence-corrected chi connectivity index (χ0v) is 11.8. The molecule has 0 bridgehead atoms. The quantitative estimate of drug-likeness (QED) is 0.746. The first-order valence-corrected chi connectivity index (χ1v) is 6.49. The molecule has 0 radical (unpaired) electrons. The minimum absolute atomic E-state index is 0.188. The Balaban J connectivity index is 2.00. The second-order valence-corrected chi connectivity index (χ2v) is 4.79. The number of aromatic amines is 1. The molecule has 0 fully saturated rings. The van der Waals surface area contributed by atoms with Gasteiger partial charge in [0.25, 0.3) is 5.56 Å². The van der Waals surface area contributed by atoms with E-state index < -0.39 is 0 Å². The van der Waals surface area contributed by atoms with E-state index in [9.17, 15) is 4.79 Å². The van der Waals surface area contributed by atoms with Crippen molar-refractivity contribution in [3.05, 3.63) is 63.6 Å². The fourth-order valence-corrected chi connectivity index (χ4v) is 1.99. The van der Waals surface area contributed by atoms with E-state index in [1.807, 2.05) is 0 Å². The number of aryl methyl sites for hydroxylation is 1. The lowest BCUT2D eigenvalue weighted by Gasteiger charge is -2.00. The van der Waals surface area contributed by atoms with Crippen LogP contribution in [-0.4, -0.2) is 30.9 Å². The number of rotatable bonds is 3. The first kappa shape index (κ1) is 13.3. The van der Waals surface area contributed by atoms with Crippen molar-refractivity contribution >= 4 is 17.8 Å². The van der Waals surface area contributed by atoms with Gasteiger partial charge in [0.1, 0.15) is 12.7 Å². The molecule has 0 spiro atoms. The smallest absolute Gasteiger partial charge is 0.280 e. The molecule has 0 amide bonds. The lowest BCUT2D eigenvalue weighted by Crippen LogP contribution is -2.17. The Hall–Kier alpha value is -2.67.